The van der Waals surface area contributed by atoms with E-state index in [-0.39, 0.29) is 11.7 Å². The van der Waals surface area contributed by atoms with Crippen LogP contribution in [0.15, 0.2) is 53.4 Å². The quantitative estimate of drug-likeness (QED) is 0.646. The first-order valence-corrected chi connectivity index (χ1v) is 8.03. The molecule has 0 saturated carbocycles. The van der Waals surface area contributed by atoms with Gasteiger partial charge in [0.1, 0.15) is 0 Å². The second-order valence-electron chi connectivity index (χ2n) is 5.25. The lowest BCUT2D eigenvalue weighted by atomic mass is 10.1. The number of Topliss-reactive ketones (excluding diaryl/α,β-unsaturated/α-hetero) is 1. The van der Waals surface area contributed by atoms with E-state index in [9.17, 15) is 9.59 Å². The van der Waals surface area contributed by atoms with E-state index in [2.05, 4.69) is 19.2 Å². The van der Waals surface area contributed by atoms with Crippen LogP contribution in [-0.2, 0) is 0 Å². The summed E-state index contributed by atoms with van der Waals surface area (Å²) in [7, 11) is 0. The molecule has 0 spiro atoms. The Kier molecular flexibility index (Phi) is 5.39. The van der Waals surface area contributed by atoms with Crippen molar-refractivity contribution in [2.24, 2.45) is 0 Å². The van der Waals surface area contributed by atoms with Gasteiger partial charge in [-0.1, -0.05) is 38.1 Å². The van der Waals surface area contributed by atoms with Gasteiger partial charge in [-0.3, -0.25) is 9.59 Å². The first-order valence-electron chi connectivity index (χ1n) is 7.15. The second-order valence-corrected chi connectivity index (χ2v) is 6.87. The number of thioether (sulfide) groups is 1. The molecule has 0 bridgehead atoms. The van der Waals surface area contributed by atoms with E-state index in [1.807, 2.05) is 24.3 Å². The molecule has 0 atom stereocenters. The van der Waals surface area contributed by atoms with E-state index in [0.717, 1.165) is 4.90 Å². The molecule has 4 heteroatoms. The van der Waals surface area contributed by atoms with Gasteiger partial charge in [0.2, 0.25) is 0 Å². The maximum atomic E-state index is 12.5. The fourth-order valence-corrected chi connectivity index (χ4v) is 2.98. The lowest BCUT2D eigenvalue weighted by Crippen LogP contribution is -2.13. The zero-order valence-corrected chi connectivity index (χ0v) is 13.7. The van der Waals surface area contributed by atoms with Crippen LogP contribution in [0.4, 0.5) is 5.69 Å². The number of anilines is 1. The number of rotatable bonds is 5. The van der Waals surface area contributed by atoms with Crippen molar-refractivity contribution in [1.82, 2.24) is 0 Å². The van der Waals surface area contributed by atoms with Crippen LogP contribution in [-0.4, -0.2) is 16.9 Å². The minimum atomic E-state index is -0.163. The molecule has 2 rings (SSSR count). The molecule has 114 valence electrons. The van der Waals surface area contributed by atoms with Gasteiger partial charge in [0.15, 0.2) is 5.78 Å². The van der Waals surface area contributed by atoms with Gasteiger partial charge >= 0.3 is 0 Å². The number of benzene rings is 2. The standard InChI is InChI=1S/C18H19NO2S/c1-12(2)22-17-10-5-4-9-16(17)18(21)19-15-8-6-7-14(11-15)13(3)20/h4-12H,1-3H3,(H,19,21). The molecule has 0 saturated heterocycles. The molecule has 0 aliphatic heterocycles. The lowest BCUT2D eigenvalue weighted by Gasteiger charge is -2.12. The van der Waals surface area contributed by atoms with Gasteiger partial charge in [-0.25, -0.2) is 0 Å². The van der Waals surface area contributed by atoms with E-state index < -0.39 is 0 Å². The molecule has 2 aromatic carbocycles. The smallest absolute Gasteiger partial charge is 0.256 e. The van der Waals surface area contributed by atoms with Gasteiger partial charge in [0.25, 0.3) is 5.91 Å². The summed E-state index contributed by atoms with van der Waals surface area (Å²) in [5.41, 5.74) is 1.86. The summed E-state index contributed by atoms with van der Waals surface area (Å²) < 4.78 is 0. The van der Waals surface area contributed by atoms with E-state index in [0.29, 0.717) is 22.1 Å². The molecule has 0 radical (unpaired) electrons. The molecule has 3 nitrogen and oxygen atoms in total. The first kappa shape index (κ1) is 16.3. The number of carbonyl (C=O) groups excluding carboxylic acids is 2. The molecule has 0 aromatic heterocycles. The zero-order chi connectivity index (χ0) is 16.1. The predicted octanol–water partition coefficient (Wildman–Crippen LogP) is 4.64. The summed E-state index contributed by atoms with van der Waals surface area (Å²) in [6.07, 6.45) is 0. The van der Waals surface area contributed by atoms with Crippen LogP contribution in [0.5, 0.6) is 0 Å². The second kappa shape index (κ2) is 7.27. The van der Waals surface area contributed by atoms with Crippen LogP contribution in [0.25, 0.3) is 0 Å². The van der Waals surface area contributed by atoms with E-state index in [4.69, 9.17) is 0 Å². The Hall–Kier alpha value is -2.07. The molecule has 1 amide bonds. The number of nitrogens with one attached hydrogen (secondary N) is 1. The number of hydrogen-bond donors (Lipinski definition) is 1. The SMILES string of the molecule is CC(=O)c1cccc(NC(=O)c2ccccc2SC(C)C)c1. The van der Waals surface area contributed by atoms with E-state index >= 15 is 0 Å². The van der Waals surface area contributed by atoms with Crippen LogP contribution in [0, 0.1) is 0 Å². The Morgan fingerprint density at radius 2 is 1.77 bits per heavy atom. The molecule has 2 aromatic rings. The first-order chi connectivity index (χ1) is 10.5. The Morgan fingerprint density at radius 3 is 2.45 bits per heavy atom. The van der Waals surface area contributed by atoms with Crippen LogP contribution >= 0.6 is 11.8 Å². The number of hydrogen-bond acceptors (Lipinski definition) is 3. The summed E-state index contributed by atoms with van der Waals surface area (Å²) in [4.78, 5) is 24.9. The molecule has 0 heterocycles. The van der Waals surface area contributed by atoms with E-state index in [1.165, 1.54) is 6.92 Å². The third kappa shape index (κ3) is 4.21. The van der Waals surface area contributed by atoms with Crippen molar-refractivity contribution in [3.05, 3.63) is 59.7 Å². The molecule has 0 fully saturated rings. The van der Waals surface area contributed by atoms with Crippen LogP contribution in [0.2, 0.25) is 0 Å². The summed E-state index contributed by atoms with van der Waals surface area (Å²) in [5, 5.41) is 3.26. The van der Waals surface area contributed by atoms with Gasteiger partial charge in [-0.2, -0.15) is 0 Å². The molecular weight excluding hydrogens is 294 g/mol. The highest BCUT2D eigenvalue weighted by molar-refractivity contribution is 8.00. The number of amides is 1. The molecular formula is C18H19NO2S. The Bertz CT molecular complexity index is 695. The molecule has 1 N–H and O–H groups in total. The minimum absolute atomic E-state index is 0.0214. The van der Waals surface area contributed by atoms with Crippen molar-refractivity contribution in [3.63, 3.8) is 0 Å². The maximum Gasteiger partial charge on any atom is 0.256 e. The predicted molar refractivity (Wildman–Crippen MR) is 91.8 cm³/mol. The summed E-state index contributed by atoms with van der Waals surface area (Å²) in [6, 6.07) is 14.5. The lowest BCUT2D eigenvalue weighted by molar-refractivity contribution is 0.101. The fraction of sp³-hybridized carbons (Fsp3) is 0.222. The molecule has 0 unspecified atom stereocenters. The maximum absolute atomic E-state index is 12.5. The summed E-state index contributed by atoms with van der Waals surface area (Å²) in [5.74, 6) is -0.184. The largest absolute Gasteiger partial charge is 0.322 e. The third-order valence-electron chi connectivity index (χ3n) is 3.02. The minimum Gasteiger partial charge on any atom is -0.322 e. The van der Waals surface area contributed by atoms with Crippen molar-refractivity contribution in [2.75, 3.05) is 5.32 Å². The van der Waals surface area contributed by atoms with Crippen molar-refractivity contribution in [2.45, 2.75) is 30.9 Å². The fourth-order valence-electron chi connectivity index (χ4n) is 2.03. The molecule has 22 heavy (non-hydrogen) atoms. The van der Waals surface area contributed by atoms with Crippen LogP contribution in [0.3, 0.4) is 0 Å². The number of ketones is 1. The van der Waals surface area contributed by atoms with E-state index in [1.54, 1.807) is 36.0 Å². The normalized spacial score (nSPS) is 10.5. The van der Waals surface area contributed by atoms with Crippen molar-refractivity contribution < 1.29 is 9.59 Å². The number of carbonyl (C=O) groups is 2. The Balaban J connectivity index is 2.22. The van der Waals surface area contributed by atoms with Crippen molar-refractivity contribution in [1.29, 1.82) is 0 Å². The molecule has 0 aliphatic carbocycles. The third-order valence-corrected chi connectivity index (χ3v) is 4.10. The van der Waals surface area contributed by atoms with Crippen LogP contribution in [0.1, 0.15) is 41.5 Å². The Morgan fingerprint density at radius 1 is 1.05 bits per heavy atom. The van der Waals surface area contributed by atoms with Gasteiger partial charge in [0.05, 0.1) is 5.56 Å². The van der Waals surface area contributed by atoms with Gasteiger partial charge < -0.3 is 5.32 Å². The highest BCUT2D eigenvalue weighted by atomic mass is 32.2. The van der Waals surface area contributed by atoms with Crippen LogP contribution < -0.4 is 5.32 Å². The Labute approximate surface area is 135 Å². The average molecular weight is 313 g/mol. The topological polar surface area (TPSA) is 46.2 Å². The average Bonchev–Trinajstić information content (AvgIpc) is 2.47. The highest BCUT2D eigenvalue weighted by Crippen LogP contribution is 2.27. The monoisotopic (exact) mass is 313 g/mol. The van der Waals surface area contributed by atoms with Gasteiger partial charge in [0, 0.05) is 21.4 Å². The van der Waals surface area contributed by atoms with Crippen molar-refractivity contribution >= 4 is 29.1 Å². The molecule has 0 aliphatic rings. The zero-order valence-electron chi connectivity index (χ0n) is 12.9. The van der Waals surface area contributed by atoms with Gasteiger partial charge in [-0.05, 0) is 31.2 Å². The highest BCUT2D eigenvalue weighted by Gasteiger charge is 2.13. The summed E-state index contributed by atoms with van der Waals surface area (Å²) >= 11 is 1.66. The summed E-state index contributed by atoms with van der Waals surface area (Å²) in [6.45, 7) is 5.70. The van der Waals surface area contributed by atoms with Gasteiger partial charge in [-0.15, -0.1) is 11.8 Å². The van der Waals surface area contributed by atoms with Crippen molar-refractivity contribution in [3.8, 4) is 0 Å².